The summed E-state index contributed by atoms with van der Waals surface area (Å²) in [4.78, 5) is 0. The van der Waals surface area contributed by atoms with Gasteiger partial charge < -0.3 is 9.88 Å². The van der Waals surface area contributed by atoms with Crippen molar-refractivity contribution in [1.82, 2.24) is 9.88 Å². The van der Waals surface area contributed by atoms with Crippen molar-refractivity contribution in [3.8, 4) is 18.4 Å². The van der Waals surface area contributed by atoms with Gasteiger partial charge in [-0.3, -0.25) is 0 Å². The van der Waals surface area contributed by atoms with E-state index in [-0.39, 0.29) is 0 Å². The van der Waals surface area contributed by atoms with Crippen LogP contribution in [0.5, 0.6) is 0 Å². The minimum Gasteiger partial charge on any atom is -0.340 e. The molecular formula is C13H17N3S. The van der Waals surface area contributed by atoms with Gasteiger partial charge in [0.2, 0.25) is 0 Å². The third-order valence-corrected chi connectivity index (χ3v) is 3.54. The Kier molecular flexibility index (Phi) is 5.69. The van der Waals surface area contributed by atoms with E-state index in [1.807, 2.05) is 24.6 Å². The average Bonchev–Trinajstić information content (AvgIpc) is 2.61. The predicted molar refractivity (Wildman–Crippen MR) is 72.7 cm³/mol. The highest BCUT2D eigenvalue weighted by Gasteiger charge is 2.07. The highest BCUT2D eigenvalue weighted by Crippen LogP contribution is 2.12. The molecule has 0 atom stereocenters. The van der Waals surface area contributed by atoms with Gasteiger partial charge in [0.05, 0.1) is 5.75 Å². The molecule has 1 aromatic rings. The Morgan fingerprint density at radius 1 is 1.59 bits per heavy atom. The number of nitriles is 1. The summed E-state index contributed by atoms with van der Waals surface area (Å²) < 4.78 is 1.92. The Hall–Kier alpha value is -1.36. The quantitative estimate of drug-likeness (QED) is 0.614. The third kappa shape index (κ3) is 3.85. The van der Waals surface area contributed by atoms with Gasteiger partial charge in [0.25, 0.3) is 0 Å². The molecule has 4 heteroatoms. The summed E-state index contributed by atoms with van der Waals surface area (Å²) in [6.07, 6.45) is 5.16. The standard InChI is InChI=1S/C13H17N3S/c1-4-6-17-7-5-15-10-12-8-13(9-14)16(3)11(12)2/h1,8,15H,5-7,10H2,2-3H3. The van der Waals surface area contributed by atoms with Crippen LogP contribution in [-0.4, -0.2) is 22.6 Å². The Morgan fingerprint density at radius 2 is 2.35 bits per heavy atom. The highest BCUT2D eigenvalue weighted by atomic mass is 32.2. The lowest BCUT2D eigenvalue weighted by Crippen LogP contribution is -2.17. The van der Waals surface area contributed by atoms with Gasteiger partial charge >= 0.3 is 0 Å². The first-order valence-corrected chi connectivity index (χ1v) is 6.63. The molecule has 0 amide bonds. The fourth-order valence-electron chi connectivity index (χ4n) is 1.55. The summed E-state index contributed by atoms with van der Waals surface area (Å²) >= 11 is 1.75. The topological polar surface area (TPSA) is 40.8 Å². The van der Waals surface area contributed by atoms with Crippen LogP contribution in [0, 0.1) is 30.6 Å². The largest absolute Gasteiger partial charge is 0.340 e. The zero-order valence-electron chi connectivity index (χ0n) is 10.3. The van der Waals surface area contributed by atoms with Crippen LogP contribution in [0.3, 0.4) is 0 Å². The molecule has 1 aromatic heterocycles. The van der Waals surface area contributed by atoms with Gasteiger partial charge in [0.1, 0.15) is 11.8 Å². The maximum Gasteiger partial charge on any atom is 0.120 e. The van der Waals surface area contributed by atoms with Crippen LogP contribution in [-0.2, 0) is 13.6 Å². The van der Waals surface area contributed by atoms with Gasteiger partial charge in [0.15, 0.2) is 0 Å². The molecule has 0 aliphatic rings. The summed E-state index contributed by atoms with van der Waals surface area (Å²) in [5, 5.41) is 12.3. The second kappa shape index (κ2) is 7.06. The number of hydrogen-bond acceptors (Lipinski definition) is 3. The molecule has 0 bridgehead atoms. The van der Waals surface area contributed by atoms with Gasteiger partial charge in [-0.15, -0.1) is 18.2 Å². The summed E-state index contributed by atoms with van der Waals surface area (Å²) in [6.45, 7) is 3.77. The minimum atomic E-state index is 0.709. The van der Waals surface area contributed by atoms with Crippen molar-refractivity contribution in [3.63, 3.8) is 0 Å². The maximum absolute atomic E-state index is 8.91. The van der Waals surface area contributed by atoms with E-state index in [1.165, 1.54) is 5.56 Å². The number of terminal acetylenes is 1. The van der Waals surface area contributed by atoms with E-state index in [1.54, 1.807) is 11.8 Å². The van der Waals surface area contributed by atoms with E-state index in [4.69, 9.17) is 11.7 Å². The Balaban J connectivity index is 2.38. The molecule has 1 rings (SSSR count). The van der Waals surface area contributed by atoms with Gasteiger partial charge in [-0.05, 0) is 18.6 Å². The fraction of sp³-hybridized carbons (Fsp3) is 0.462. The predicted octanol–water partition coefficient (Wildman–Crippen LogP) is 1.66. The molecular weight excluding hydrogens is 230 g/mol. The van der Waals surface area contributed by atoms with Crippen molar-refractivity contribution >= 4 is 11.8 Å². The second-order valence-corrected chi connectivity index (χ2v) is 4.85. The summed E-state index contributed by atoms with van der Waals surface area (Å²) in [5.74, 6) is 4.38. The molecule has 0 aromatic carbocycles. The van der Waals surface area contributed by atoms with Gasteiger partial charge in [-0.2, -0.15) is 5.26 Å². The first-order valence-electron chi connectivity index (χ1n) is 5.48. The molecule has 90 valence electrons. The summed E-state index contributed by atoms with van der Waals surface area (Å²) in [7, 11) is 1.92. The first-order chi connectivity index (χ1) is 8.20. The van der Waals surface area contributed by atoms with E-state index in [2.05, 4.69) is 17.3 Å². The summed E-state index contributed by atoms with van der Waals surface area (Å²) in [6, 6.07) is 4.13. The van der Waals surface area contributed by atoms with Crippen molar-refractivity contribution in [2.75, 3.05) is 18.1 Å². The van der Waals surface area contributed by atoms with Crippen molar-refractivity contribution in [1.29, 1.82) is 5.26 Å². The van der Waals surface area contributed by atoms with Gasteiger partial charge in [-0.25, -0.2) is 0 Å². The van der Waals surface area contributed by atoms with Crippen LogP contribution in [0.25, 0.3) is 0 Å². The lowest BCUT2D eigenvalue weighted by Gasteiger charge is -2.04. The molecule has 1 heterocycles. The minimum absolute atomic E-state index is 0.709. The van der Waals surface area contributed by atoms with Crippen LogP contribution >= 0.6 is 11.8 Å². The zero-order valence-corrected chi connectivity index (χ0v) is 11.1. The van der Waals surface area contributed by atoms with Crippen LogP contribution in [0.2, 0.25) is 0 Å². The average molecular weight is 247 g/mol. The number of hydrogen-bond donors (Lipinski definition) is 1. The van der Waals surface area contributed by atoms with Crippen LogP contribution in [0.1, 0.15) is 17.0 Å². The number of aromatic nitrogens is 1. The number of thioether (sulfide) groups is 1. The van der Waals surface area contributed by atoms with E-state index in [0.29, 0.717) is 5.69 Å². The van der Waals surface area contributed by atoms with Gasteiger partial charge in [0, 0.05) is 31.6 Å². The molecule has 0 aliphatic carbocycles. The van der Waals surface area contributed by atoms with Crippen molar-refractivity contribution < 1.29 is 0 Å². The molecule has 0 fully saturated rings. The van der Waals surface area contributed by atoms with Crippen LogP contribution in [0.15, 0.2) is 6.07 Å². The van der Waals surface area contributed by atoms with E-state index >= 15 is 0 Å². The van der Waals surface area contributed by atoms with Crippen molar-refractivity contribution in [3.05, 3.63) is 23.0 Å². The molecule has 0 saturated carbocycles. The normalized spacial score (nSPS) is 9.88. The fourth-order valence-corrected chi connectivity index (χ4v) is 2.10. The molecule has 0 saturated heterocycles. The first kappa shape index (κ1) is 13.7. The molecule has 1 N–H and O–H groups in total. The second-order valence-electron chi connectivity index (χ2n) is 3.74. The highest BCUT2D eigenvalue weighted by molar-refractivity contribution is 7.99. The Bertz CT molecular complexity index is 448. The van der Waals surface area contributed by atoms with Crippen molar-refractivity contribution in [2.24, 2.45) is 7.05 Å². The SMILES string of the molecule is C#CCSCCNCc1cc(C#N)n(C)c1C. The number of nitrogens with one attached hydrogen (secondary N) is 1. The van der Waals surface area contributed by atoms with Crippen LogP contribution in [0.4, 0.5) is 0 Å². The lowest BCUT2D eigenvalue weighted by molar-refractivity contribution is 0.723. The number of nitrogens with zero attached hydrogens (tertiary/aromatic N) is 2. The van der Waals surface area contributed by atoms with E-state index < -0.39 is 0 Å². The van der Waals surface area contributed by atoms with Crippen LogP contribution < -0.4 is 5.32 Å². The monoisotopic (exact) mass is 247 g/mol. The third-order valence-electron chi connectivity index (χ3n) is 2.68. The Morgan fingerprint density at radius 3 is 2.94 bits per heavy atom. The molecule has 3 nitrogen and oxygen atoms in total. The molecule has 17 heavy (non-hydrogen) atoms. The molecule has 0 radical (unpaired) electrons. The van der Waals surface area contributed by atoms with Crippen molar-refractivity contribution in [2.45, 2.75) is 13.5 Å². The molecule has 0 spiro atoms. The lowest BCUT2D eigenvalue weighted by atomic mass is 10.2. The van der Waals surface area contributed by atoms with E-state index in [9.17, 15) is 0 Å². The Labute approximate surface area is 107 Å². The zero-order chi connectivity index (χ0) is 12.7. The maximum atomic E-state index is 8.91. The summed E-state index contributed by atoms with van der Waals surface area (Å²) in [5.41, 5.74) is 3.04. The van der Waals surface area contributed by atoms with E-state index in [0.717, 1.165) is 30.3 Å². The van der Waals surface area contributed by atoms with Gasteiger partial charge in [-0.1, -0.05) is 5.92 Å². The molecule has 0 unspecified atom stereocenters. The number of rotatable bonds is 6. The smallest absolute Gasteiger partial charge is 0.120 e. The molecule has 0 aliphatic heterocycles.